The molecule has 1 aromatic carbocycles. The number of benzene rings is 1. The SMILES string of the molecule is Cc1nc(C2CC2)ncc1C(=O)N1CCC[C@@](C)(c2ccccc2)C1. The summed E-state index contributed by atoms with van der Waals surface area (Å²) >= 11 is 0. The maximum absolute atomic E-state index is 13.1. The number of hydrogen-bond acceptors (Lipinski definition) is 3. The van der Waals surface area contributed by atoms with Crippen LogP contribution in [0.3, 0.4) is 0 Å². The number of aryl methyl sites for hydroxylation is 1. The summed E-state index contributed by atoms with van der Waals surface area (Å²) in [5, 5.41) is 0. The number of nitrogens with zero attached hydrogens (tertiary/aromatic N) is 3. The van der Waals surface area contributed by atoms with Crippen molar-refractivity contribution in [2.45, 2.75) is 50.9 Å². The van der Waals surface area contributed by atoms with Crippen LogP contribution in [0.4, 0.5) is 0 Å². The summed E-state index contributed by atoms with van der Waals surface area (Å²) in [7, 11) is 0. The van der Waals surface area contributed by atoms with E-state index in [-0.39, 0.29) is 11.3 Å². The molecule has 0 N–H and O–H groups in total. The number of carbonyl (C=O) groups excluding carboxylic acids is 1. The number of aromatic nitrogens is 2. The van der Waals surface area contributed by atoms with E-state index in [2.05, 4.69) is 41.2 Å². The Kier molecular flexibility index (Phi) is 4.06. The van der Waals surface area contributed by atoms with Gasteiger partial charge < -0.3 is 4.90 Å². The minimum atomic E-state index is 0.0118. The summed E-state index contributed by atoms with van der Waals surface area (Å²) in [5.41, 5.74) is 2.79. The Bertz CT molecular complexity index is 785. The molecular weight excluding hydrogens is 310 g/mol. The first kappa shape index (κ1) is 16.2. The van der Waals surface area contributed by atoms with Crippen molar-refractivity contribution in [2.75, 3.05) is 13.1 Å². The van der Waals surface area contributed by atoms with Gasteiger partial charge in [0.25, 0.3) is 5.91 Å². The molecule has 0 radical (unpaired) electrons. The van der Waals surface area contributed by atoms with Gasteiger partial charge in [-0.25, -0.2) is 9.97 Å². The van der Waals surface area contributed by atoms with Gasteiger partial charge in [0.05, 0.1) is 11.3 Å². The Hall–Kier alpha value is -2.23. The van der Waals surface area contributed by atoms with Gasteiger partial charge in [0.1, 0.15) is 5.82 Å². The fourth-order valence-electron chi connectivity index (χ4n) is 3.89. The van der Waals surface area contributed by atoms with Crippen LogP contribution >= 0.6 is 0 Å². The molecule has 25 heavy (non-hydrogen) atoms. The molecule has 0 unspecified atom stereocenters. The number of hydrogen-bond donors (Lipinski definition) is 0. The fourth-order valence-corrected chi connectivity index (χ4v) is 3.89. The Labute approximate surface area is 149 Å². The van der Waals surface area contributed by atoms with Crippen molar-refractivity contribution in [3.8, 4) is 0 Å². The minimum Gasteiger partial charge on any atom is -0.338 e. The molecule has 1 aliphatic carbocycles. The van der Waals surface area contributed by atoms with Crippen LogP contribution in [-0.2, 0) is 5.41 Å². The van der Waals surface area contributed by atoms with Gasteiger partial charge in [-0.15, -0.1) is 0 Å². The first-order valence-electron chi connectivity index (χ1n) is 9.25. The van der Waals surface area contributed by atoms with Crippen molar-refractivity contribution in [3.63, 3.8) is 0 Å². The van der Waals surface area contributed by atoms with Gasteiger partial charge >= 0.3 is 0 Å². The lowest BCUT2D eigenvalue weighted by molar-refractivity contribution is 0.0649. The average molecular weight is 335 g/mol. The molecule has 0 spiro atoms. The quantitative estimate of drug-likeness (QED) is 0.856. The van der Waals surface area contributed by atoms with E-state index in [0.29, 0.717) is 11.5 Å². The predicted molar refractivity (Wildman–Crippen MR) is 97.7 cm³/mol. The van der Waals surface area contributed by atoms with Gasteiger partial charge in [-0.2, -0.15) is 0 Å². The first-order valence-corrected chi connectivity index (χ1v) is 9.25. The standard InChI is InChI=1S/C21H25N3O/c1-15-18(13-22-19(23-15)16-9-10-16)20(25)24-12-6-11-21(2,14-24)17-7-4-3-5-8-17/h3-5,7-8,13,16H,6,9-12,14H2,1-2H3/t21-/m1/s1. The molecule has 2 fully saturated rings. The summed E-state index contributed by atoms with van der Waals surface area (Å²) in [6.45, 7) is 5.76. The van der Waals surface area contributed by atoms with Crippen molar-refractivity contribution < 1.29 is 4.79 Å². The molecule has 2 aromatic rings. The van der Waals surface area contributed by atoms with Crippen LogP contribution in [0.15, 0.2) is 36.5 Å². The van der Waals surface area contributed by atoms with E-state index in [1.807, 2.05) is 17.9 Å². The van der Waals surface area contributed by atoms with Gasteiger partial charge in [0, 0.05) is 30.6 Å². The van der Waals surface area contributed by atoms with Crippen molar-refractivity contribution >= 4 is 5.91 Å². The zero-order valence-electron chi connectivity index (χ0n) is 15.0. The zero-order chi connectivity index (χ0) is 17.4. The molecule has 4 nitrogen and oxygen atoms in total. The lowest BCUT2D eigenvalue weighted by atomic mass is 9.76. The van der Waals surface area contributed by atoms with Crippen molar-refractivity contribution in [2.24, 2.45) is 0 Å². The highest BCUT2D eigenvalue weighted by atomic mass is 16.2. The molecule has 1 saturated carbocycles. The fraction of sp³-hybridized carbons (Fsp3) is 0.476. The number of likely N-dealkylation sites (tertiary alicyclic amines) is 1. The van der Waals surface area contributed by atoms with Crippen LogP contribution in [0.5, 0.6) is 0 Å². The van der Waals surface area contributed by atoms with Gasteiger partial charge in [-0.1, -0.05) is 37.3 Å². The van der Waals surface area contributed by atoms with Gasteiger partial charge in [0.2, 0.25) is 0 Å². The molecular formula is C21H25N3O. The molecule has 1 aromatic heterocycles. The van der Waals surface area contributed by atoms with Crippen LogP contribution in [0.1, 0.15) is 66.0 Å². The van der Waals surface area contributed by atoms with Crippen LogP contribution in [0.25, 0.3) is 0 Å². The summed E-state index contributed by atoms with van der Waals surface area (Å²) in [6.07, 6.45) is 6.23. The molecule has 1 aliphatic heterocycles. The second-order valence-electron chi connectivity index (χ2n) is 7.76. The monoisotopic (exact) mass is 335 g/mol. The van der Waals surface area contributed by atoms with E-state index in [1.165, 1.54) is 18.4 Å². The third-order valence-corrected chi connectivity index (χ3v) is 5.63. The molecule has 130 valence electrons. The summed E-state index contributed by atoms with van der Waals surface area (Å²) in [5.74, 6) is 1.49. The van der Waals surface area contributed by atoms with Crippen LogP contribution in [0, 0.1) is 6.92 Å². The van der Waals surface area contributed by atoms with Gasteiger partial charge in [0.15, 0.2) is 0 Å². The molecule has 0 bridgehead atoms. The maximum atomic E-state index is 13.1. The third-order valence-electron chi connectivity index (χ3n) is 5.63. The summed E-state index contributed by atoms with van der Waals surface area (Å²) in [4.78, 5) is 24.1. The number of rotatable bonds is 3. The maximum Gasteiger partial charge on any atom is 0.257 e. The molecule has 1 atom stereocenters. The van der Waals surface area contributed by atoms with Crippen molar-refractivity contribution in [3.05, 3.63) is 59.2 Å². The van der Waals surface area contributed by atoms with Crippen LogP contribution in [-0.4, -0.2) is 33.9 Å². The number of piperidine rings is 1. The minimum absolute atomic E-state index is 0.0118. The Morgan fingerprint density at radius 1 is 1.24 bits per heavy atom. The Balaban J connectivity index is 1.56. The third kappa shape index (κ3) is 3.17. The lowest BCUT2D eigenvalue weighted by Gasteiger charge is -2.41. The Morgan fingerprint density at radius 2 is 2.00 bits per heavy atom. The van der Waals surface area contributed by atoms with E-state index in [1.54, 1.807) is 6.20 Å². The first-order chi connectivity index (χ1) is 12.1. The van der Waals surface area contributed by atoms with E-state index in [9.17, 15) is 4.79 Å². The molecule has 2 heterocycles. The van der Waals surface area contributed by atoms with Crippen molar-refractivity contribution in [1.82, 2.24) is 14.9 Å². The Morgan fingerprint density at radius 3 is 2.68 bits per heavy atom. The van der Waals surface area contributed by atoms with Crippen LogP contribution in [0.2, 0.25) is 0 Å². The van der Waals surface area contributed by atoms with E-state index < -0.39 is 0 Å². The summed E-state index contributed by atoms with van der Waals surface area (Å²) < 4.78 is 0. The average Bonchev–Trinajstić information content (AvgIpc) is 3.47. The van der Waals surface area contributed by atoms with Gasteiger partial charge in [-0.05, 0) is 38.2 Å². The highest BCUT2D eigenvalue weighted by Crippen LogP contribution is 2.38. The smallest absolute Gasteiger partial charge is 0.257 e. The second kappa shape index (κ2) is 6.25. The normalized spacial score (nSPS) is 23.5. The predicted octanol–water partition coefficient (Wildman–Crippen LogP) is 3.86. The highest BCUT2D eigenvalue weighted by molar-refractivity contribution is 5.95. The largest absolute Gasteiger partial charge is 0.338 e. The number of carbonyl (C=O) groups is 1. The van der Waals surface area contributed by atoms with E-state index >= 15 is 0 Å². The molecule has 2 aliphatic rings. The topological polar surface area (TPSA) is 46.1 Å². The van der Waals surface area contributed by atoms with E-state index in [0.717, 1.165) is 37.4 Å². The highest BCUT2D eigenvalue weighted by Gasteiger charge is 2.35. The van der Waals surface area contributed by atoms with E-state index in [4.69, 9.17) is 0 Å². The van der Waals surface area contributed by atoms with Crippen LogP contribution < -0.4 is 0 Å². The molecule has 1 saturated heterocycles. The number of amides is 1. The molecule has 4 heteroatoms. The van der Waals surface area contributed by atoms with Gasteiger partial charge in [-0.3, -0.25) is 4.79 Å². The lowest BCUT2D eigenvalue weighted by Crippen LogP contribution is -2.47. The van der Waals surface area contributed by atoms with Crippen molar-refractivity contribution in [1.29, 1.82) is 0 Å². The zero-order valence-corrected chi connectivity index (χ0v) is 15.0. The second-order valence-corrected chi connectivity index (χ2v) is 7.76. The molecule has 4 rings (SSSR count). The molecule has 1 amide bonds. The summed E-state index contributed by atoms with van der Waals surface area (Å²) in [6, 6.07) is 10.5.